The zero-order chi connectivity index (χ0) is 37.3. The molecule has 0 spiro atoms. The molecule has 4 aliphatic rings. The Morgan fingerprint density at radius 1 is 0.509 bits per heavy atom. The summed E-state index contributed by atoms with van der Waals surface area (Å²) in [6, 6.07) is 45.4. The second-order valence-electron chi connectivity index (χ2n) is 16.0. The minimum atomic E-state index is -0.866. The molecule has 2 saturated carbocycles. The molecular formula is C48H62AuN2O2P2+2. The van der Waals surface area contributed by atoms with Gasteiger partial charge in [0.15, 0.2) is 11.8 Å². The van der Waals surface area contributed by atoms with Gasteiger partial charge in [0, 0.05) is 22.4 Å². The maximum Gasteiger partial charge on any atom is 0.190 e. The van der Waals surface area contributed by atoms with Crippen LogP contribution >= 0.6 is 15.8 Å². The summed E-state index contributed by atoms with van der Waals surface area (Å²) in [5, 5.41) is 6.07. The van der Waals surface area contributed by atoms with Crippen molar-refractivity contribution in [1.29, 1.82) is 0 Å². The van der Waals surface area contributed by atoms with Crippen LogP contribution in [0.25, 0.3) is 0 Å². The van der Waals surface area contributed by atoms with E-state index in [1.807, 2.05) is 0 Å². The van der Waals surface area contributed by atoms with Gasteiger partial charge in [-0.25, -0.2) is 9.98 Å². The van der Waals surface area contributed by atoms with E-state index < -0.39 is 15.8 Å². The largest absolute Gasteiger partial charge is 0.478 e. The zero-order valence-corrected chi connectivity index (χ0v) is 37.4. The van der Waals surface area contributed by atoms with E-state index in [1.54, 1.807) is 0 Å². The first-order valence-corrected chi connectivity index (χ1v) is 24.1. The van der Waals surface area contributed by atoms with Gasteiger partial charge in [0.05, 0.1) is 72.3 Å². The summed E-state index contributed by atoms with van der Waals surface area (Å²) >= 11 is 0. The molecule has 0 amide bonds. The minimum absolute atomic E-state index is 0. The van der Waals surface area contributed by atoms with Gasteiger partial charge in [-0.3, -0.25) is 0 Å². The smallest absolute Gasteiger partial charge is 0.190 e. The molecule has 2 aliphatic carbocycles. The van der Waals surface area contributed by atoms with Gasteiger partial charge in [-0.15, -0.1) is 0 Å². The molecule has 2 heterocycles. The molecule has 4 aromatic rings. The van der Waals surface area contributed by atoms with E-state index in [-0.39, 0.29) is 22.4 Å². The van der Waals surface area contributed by atoms with Crippen molar-refractivity contribution in [3.8, 4) is 0 Å². The van der Waals surface area contributed by atoms with Crippen molar-refractivity contribution < 1.29 is 31.9 Å². The Labute approximate surface area is 349 Å². The van der Waals surface area contributed by atoms with Crippen molar-refractivity contribution in [3.63, 3.8) is 0 Å². The molecule has 8 atom stereocenters. The van der Waals surface area contributed by atoms with Crippen LogP contribution in [-0.4, -0.2) is 48.4 Å². The van der Waals surface area contributed by atoms with Gasteiger partial charge >= 0.3 is 0 Å². The van der Waals surface area contributed by atoms with E-state index in [1.165, 1.54) is 72.6 Å². The number of rotatable bonds is 12. The van der Waals surface area contributed by atoms with Crippen LogP contribution in [0.2, 0.25) is 0 Å². The van der Waals surface area contributed by atoms with Crippen molar-refractivity contribution in [3.05, 3.63) is 121 Å². The van der Waals surface area contributed by atoms with Crippen LogP contribution in [0, 0.1) is 23.7 Å². The Bertz CT molecular complexity index is 1580. The number of benzene rings is 4. The first-order chi connectivity index (χ1) is 26.6. The molecule has 0 bridgehead atoms. The number of aliphatic imine (C=N–C) groups is 2. The summed E-state index contributed by atoms with van der Waals surface area (Å²) < 4.78 is 12.4. The molecular weight excluding hydrogens is 895 g/mol. The summed E-state index contributed by atoms with van der Waals surface area (Å²) in [6.45, 7) is 10.7. The normalized spacial score (nSPS) is 25.6. The fourth-order valence-electron chi connectivity index (χ4n) is 9.21. The van der Waals surface area contributed by atoms with E-state index in [0.29, 0.717) is 47.1 Å². The van der Waals surface area contributed by atoms with Crippen molar-refractivity contribution in [2.75, 3.05) is 13.2 Å². The Balaban J connectivity index is 0.000000184. The third-order valence-electron chi connectivity index (χ3n) is 12.7. The Morgan fingerprint density at radius 3 is 1.11 bits per heavy atom. The van der Waals surface area contributed by atoms with Crippen molar-refractivity contribution >= 4 is 48.9 Å². The first-order valence-electron chi connectivity index (χ1n) is 20.9. The minimum Gasteiger partial charge on any atom is -0.478 e. The fraction of sp³-hybridized carbons (Fsp3) is 0.458. The van der Waals surface area contributed by atoms with Crippen LogP contribution in [0.3, 0.4) is 0 Å². The molecule has 0 N–H and O–H groups in total. The average molecular weight is 958 g/mol. The van der Waals surface area contributed by atoms with E-state index in [2.05, 4.69) is 149 Å². The summed E-state index contributed by atoms with van der Waals surface area (Å²) in [4.78, 5) is 10.1. The third-order valence-corrected chi connectivity index (χ3v) is 19.4. The average Bonchev–Trinajstić information content (AvgIpc) is 4.08. The standard InChI is InChI=1S/2C24H30NOP.Au/c2*1-3-18(2)22-17-26-24(25-22)21-15-10-16-23(21)27(19-11-6-4-7-12-19)20-13-8-5-9-14-20;/h2*4-9,11-14,18,21-23H,3,10,15-17H2,1-2H3;/p+2/t2*18?,21?,22-,23-;/m10./s1. The quantitative estimate of drug-likeness (QED) is 0.105. The summed E-state index contributed by atoms with van der Waals surface area (Å²) in [5.74, 6) is 4.33. The molecule has 8 rings (SSSR count). The predicted molar refractivity (Wildman–Crippen MR) is 236 cm³/mol. The van der Waals surface area contributed by atoms with Gasteiger partial charge in [0.25, 0.3) is 0 Å². The maximum absolute atomic E-state index is 6.19. The van der Waals surface area contributed by atoms with Gasteiger partial charge in [0.2, 0.25) is 0 Å². The second kappa shape index (κ2) is 20.7. The Morgan fingerprint density at radius 2 is 0.818 bits per heavy atom. The molecule has 2 aliphatic heterocycles. The molecule has 1 radical (unpaired) electrons. The van der Waals surface area contributed by atoms with Crippen molar-refractivity contribution in [1.82, 2.24) is 0 Å². The monoisotopic (exact) mass is 957 g/mol. The first kappa shape index (κ1) is 42.0. The molecule has 2 fully saturated rings. The van der Waals surface area contributed by atoms with Gasteiger partial charge in [-0.2, -0.15) is 0 Å². The third kappa shape index (κ3) is 10.1. The topological polar surface area (TPSA) is 43.2 Å². The van der Waals surface area contributed by atoms with Gasteiger partial charge < -0.3 is 9.47 Å². The van der Waals surface area contributed by atoms with E-state index in [0.717, 1.165) is 25.0 Å². The maximum atomic E-state index is 6.19. The SMILES string of the molecule is CCC(C)[C@@H]1COC(C2CCC[C@@H]2[PH+](c2ccccc2)c2ccccc2)=N1.CCC(C)[C@H]1COC(C2CCC[C@H]2[PH+](c2ccccc2)c2ccccc2)=N1.[Au]. The molecule has 7 heteroatoms. The molecule has 4 nitrogen and oxygen atoms in total. The number of hydrogen-bond acceptors (Lipinski definition) is 4. The Hall–Kier alpha value is -2.58. The fourth-order valence-corrected chi connectivity index (χ4v) is 16.2. The Kier molecular flexibility index (Phi) is 15.8. The number of ether oxygens (including phenoxy) is 2. The van der Waals surface area contributed by atoms with Gasteiger partial charge in [-0.05, 0) is 98.9 Å². The van der Waals surface area contributed by atoms with Crippen LogP contribution in [0.1, 0.15) is 79.1 Å². The molecule has 0 saturated heterocycles. The van der Waals surface area contributed by atoms with E-state index in [9.17, 15) is 0 Å². The molecule has 295 valence electrons. The zero-order valence-electron chi connectivity index (χ0n) is 33.2. The van der Waals surface area contributed by atoms with Crippen LogP contribution in [-0.2, 0) is 31.9 Å². The predicted octanol–water partition coefficient (Wildman–Crippen LogP) is 9.72. The summed E-state index contributed by atoms with van der Waals surface area (Å²) in [5.41, 5.74) is 1.32. The van der Waals surface area contributed by atoms with E-state index >= 15 is 0 Å². The molecule has 0 aromatic heterocycles. The van der Waals surface area contributed by atoms with Gasteiger partial charge in [-0.1, -0.05) is 113 Å². The molecule has 4 unspecified atom stereocenters. The molecule has 55 heavy (non-hydrogen) atoms. The van der Waals surface area contributed by atoms with Crippen LogP contribution in [0.4, 0.5) is 0 Å². The van der Waals surface area contributed by atoms with Crippen molar-refractivity contribution in [2.24, 2.45) is 33.7 Å². The van der Waals surface area contributed by atoms with Crippen LogP contribution in [0.5, 0.6) is 0 Å². The number of hydrogen-bond donors (Lipinski definition) is 0. The number of nitrogens with zero attached hydrogens (tertiary/aromatic N) is 2. The second-order valence-corrected chi connectivity index (χ2v) is 21.5. The summed E-state index contributed by atoms with van der Waals surface area (Å²) in [6.07, 6.45) is 9.95. The van der Waals surface area contributed by atoms with E-state index in [4.69, 9.17) is 19.5 Å². The summed E-state index contributed by atoms with van der Waals surface area (Å²) in [7, 11) is -1.73. The van der Waals surface area contributed by atoms with Crippen LogP contribution in [0.15, 0.2) is 131 Å². The van der Waals surface area contributed by atoms with Gasteiger partial charge in [0.1, 0.15) is 13.2 Å². The molecule has 4 aromatic carbocycles. The van der Waals surface area contributed by atoms with Crippen LogP contribution < -0.4 is 21.2 Å². The van der Waals surface area contributed by atoms with Crippen molar-refractivity contribution in [2.45, 2.75) is 102 Å².